The van der Waals surface area contributed by atoms with Crippen molar-refractivity contribution in [2.75, 3.05) is 5.32 Å². The molecule has 0 bridgehead atoms. The maximum atomic E-state index is 11.8. The summed E-state index contributed by atoms with van der Waals surface area (Å²) in [7, 11) is 0. The Morgan fingerprint density at radius 1 is 1.47 bits per heavy atom. The zero-order valence-electron chi connectivity index (χ0n) is 9.12. The summed E-state index contributed by atoms with van der Waals surface area (Å²) in [5, 5.41) is 14.2. The highest BCUT2D eigenvalue weighted by molar-refractivity contribution is 7.14. The van der Waals surface area contributed by atoms with Crippen LogP contribution in [0.2, 0.25) is 0 Å². The van der Waals surface area contributed by atoms with E-state index in [1.165, 1.54) is 11.3 Å². The third-order valence-corrected chi connectivity index (χ3v) is 2.89. The molecule has 0 radical (unpaired) electrons. The number of carbonyl (C=O) groups excluding carboxylic acids is 1. The smallest absolute Gasteiger partial charge is 0.257 e. The molecule has 0 aliphatic rings. The van der Waals surface area contributed by atoms with Crippen LogP contribution in [0.1, 0.15) is 29.1 Å². The quantitative estimate of drug-likeness (QED) is 0.870. The molecule has 2 heterocycles. The van der Waals surface area contributed by atoms with Crippen LogP contribution in [0.25, 0.3) is 0 Å². The van der Waals surface area contributed by atoms with Crippen molar-refractivity contribution in [1.29, 1.82) is 0 Å². The summed E-state index contributed by atoms with van der Waals surface area (Å²) in [5.41, 5.74) is 1.08. The number of hydrogen-bond donors (Lipinski definition) is 2. The second-order valence-electron chi connectivity index (χ2n) is 3.44. The second kappa shape index (κ2) is 5.03. The summed E-state index contributed by atoms with van der Waals surface area (Å²) >= 11 is 1.28. The van der Waals surface area contributed by atoms with Crippen LogP contribution in [-0.4, -0.2) is 21.0 Å². The van der Waals surface area contributed by atoms with E-state index in [2.05, 4.69) is 15.3 Å². The summed E-state index contributed by atoms with van der Waals surface area (Å²) < 4.78 is 0. The van der Waals surface area contributed by atoms with Gasteiger partial charge in [0, 0.05) is 23.3 Å². The molecule has 0 aliphatic carbocycles. The molecule has 0 saturated carbocycles. The van der Waals surface area contributed by atoms with Gasteiger partial charge >= 0.3 is 0 Å². The lowest BCUT2D eigenvalue weighted by Crippen LogP contribution is -2.11. The van der Waals surface area contributed by atoms with Crippen molar-refractivity contribution in [2.45, 2.75) is 13.0 Å². The van der Waals surface area contributed by atoms with Gasteiger partial charge in [0.1, 0.15) is 0 Å². The molecule has 88 valence electrons. The zero-order valence-corrected chi connectivity index (χ0v) is 9.94. The molecule has 2 N–H and O–H groups in total. The first kappa shape index (κ1) is 11.7. The van der Waals surface area contributed by atoms with Crippen LogP contribution in [0.15, 0.2) is 29.9 Å². The Labute approximate surface area is 102 Å². The molecule has 17 heavy (non-hydrogen) atoms. The van der Waals surface area contributed by atoms with Crippen molar-refractivity contribution in [3.63, 3.8) is 0 Å². The number of aliphatic hydroxyl groups excluding tert-OH is 1. The second-order valence-corrected chi connectivity index (χ2v) is 4.30. The molecule has 1 amide bonds. The average molecular weight is 249 g/mol. The van der Waals surface area contributed by atoms with Crippen LogP contribution in [0.5, 0.6) is 0 Å². The average Bonchev–Trinajstić information content (AvgIpc) is 2.79. The van der Waals surface area contributed by atoms with Crippen LogP contribution in [0.3, 0.4) is 0 Å². The van der Waals surface area contributed by atoms with E-state index < -0.39 is 6.10 Å². The zero-order chi connectivity index (χ0) is 12.3. The van der Waals surface area contributed by atoms with Crippen LogP contribution in [0.4, 0.5) is 5.13 Å². The third-order valence-electron chi connectivity index (χ3n) is 2.11. The van der Waals surface area contributed by atoms with E-state index >= 15 is 0 Å². The molecule has 0 aliphatic heterocycles. The molecule has 0 spiro atoms. The van der Waals surface area contributed by atoms with Gasteiger partial charge in [-0.2, -0.15) is 0 Å². The van der Waals surface area contributed by atoms with E-state index in [9.17, 15) is 9.90 Å². The predicted octanol–water partition coefficient (Wildman–Crippen LogP) is 1.84. The Hall–Kier alpha value is -1.79. The first-order valence-corrected chi connectivity index (χ1v) is 5.89. The first-order valence-electron chi connectivity index (χ1n) is 5.01. The lowest BCUT2D eigenvalue weighted by atomic mass is 10.2. The molecule has 0 aromatic carbocycles. The van der Waals surface area contributed by atoms with Gasteiger partial charge in [0.15, 0.2) is 5.13 Å². The Morgan fingerprint density at radius 3 is 2.76 bits per heavy atom. The van der Waals surface area contributed by atoms with Gasteiger partial charge < -0.3 is 5.11 Å². The van der Waals surface area contributed by atoms with Crippen molar-refractivity contribution < 1.29 is 9.90 Å². The summed E-state index contributed by atoms with van der Waals surface area (Å²) in [6.07, 6.45) is 2.48. The Balaban J connectivity index is 2.08. The van der Waals surface area contributed by atoms with E-state index in [0.29, 0.717) is 16.4 Å². The number of hydrogen-bond acceptors (Lipinski definition) is 5. The van der Waals surface area contributed by atoms with Gasteiger partial charge in [-0.15, -0.1) is 11.3 Å². The van der Waals surface area contributed by atoms with Crippen molar-refractivity contribution in [1.82, 2.24) is 9.97 Å². The molecule has 5 nitrogen and oxygen atoms in total. The van der Waals surface area contributed by atoms with Gasteiger partial charge in [-0.25, -0.2) is 4.98 Å². The third kappa shape index (κ3) is 2.86. The topological polar surface area (TPSA) is 75.1 Å². The number of aliphatic hydroxyl groups is 1. The molecular weight excluding hydrogens is 238 g/mol. The maximum Gasteiger partial charge on any atom is 0.257 e. The molecule has 2 aromatic rings. The van der Waals surface area contributed by atoms with Crippen molar-refractivity contribution >= 4 is 22.4 Å². The van der Waals surface area contributed by atoms with E-state index in [-0.39, 0.29) is 5.91 Å². The number of carbonyl (C=O) groups is 1. The fraction of sp³-hybridized carbons (Fsp3) is 0.182. The molecular formula is C11H11N3O2S. The van der Waals surface area contributed by atoms with Crippen LogP contribution >= 0.6 is 11.3 Å². The molecule has 6 heteroatoms. The Kier molecular flexibility index (Phi) is 3.46. The van der Waals surface area contributed by atoms with Gasteiger partial charge in [-0.1, -0.05) is 0 Å². The van der Waals surface area contributed by atoms with Gasteiger partial charge in [0.2, 0.25) is 0 Å². The first-order chi connectivity index (χ1) is 8.16. The minimum absolute atomic E-state index is 0.237. The maximum absolute atomic E-state index is 11.8. The number of thiazole rings is 1. The number of amides is 1. The monoisotopic (exact) mass is 249 g/mol. The highest BCUT2D eigenvalue weighted by Crippen LogP contribution is 2.20. The summed E-state index contributed by atoms with van der Waals surface area (Å²) in [6.45, 7) is 1.63. The van der Waals surface area contributed by atoms with E-state index in [1.54, 1.807) is 36.8 Å². The van der Waals surface area contributed by atoms with Crippen molar-refractivity contribution in [3.8, 4) is 0 Å². The predicted molar refractivity (Wildman–Crippen MR) is 64.9 cm³/mol. The fourth-order valence-corrected chi connectivity index (χ4v) is 2.00. The number of aromatic nitrogens is 2. The number of rotatable bonds is 3. The van der Waals surface area contributed by atoms with Crippen LogP contribution in [0, 0.1) is 0 Å². The fourth-order valence-electron chi connectivity index (χ4n) is 1.21. The van der Waals surface area contributed by atoms with Crippen LogP contribution < -0.4 is 5.32 Å². The van der Waals surface area contributed by atoms with Gasteiger partial charge in [-0.3, -0.25) is 15.1 Å². The minimum Gasteiger partial charge on any atom is -0.387 e. The largest absolute Gasteiger partial charge is 0.387 e. The lowest BCUT2D eigenvalue weighted by Gasteiger charge is -2.01. The van der Waals surface area contributed by atoms with E-state index in [0.717, 1.165) is 0 Å². The minimum atomic E-state index is -0.627. The highest BCUT2D eigenvalue weighted by Gasteiger charge is 2.10. The van der Waals surface area contributed by atoms with Gasteiger partial charge in [0.25, 0.3) is 5.91 Å². The lowest BCUT2D eigenvalue weighted by molar-refractivity contribution is 0.102. The van der Waals surface area contributed by atoms with Crippen LogP contribution in [-0.2, 0) is 0 Å². The number of nitrogens with one attached hydrogen (secondary N) is 1. The summed E-state index contributed by atoms with van der Waals surface area (Å²) in [5.74, 6) is -0.237. The van der Waals surface area contributed by atoms with E-state index in [1.807, 2.05) is 0 Å². The molecule has 0 saturated heterocycles. The van der Waals surface area contributed by atoms with Gasteiger partial charge in [-0.05, 0) is 19.1 Å². The standard InChI is InChI=1S/C11H11N3O2S/c1-7(15)9-6-17-11(13-9)14-10(16)8-2-4-12-5-3-8/h2-7,15H,1H3,(H,13,14,16). The van der Waals surface area contributed by atoms with Crippen molar-refractivity contribution in [3.05, 3.63) is 41.2 Å². The van der Waals surface area contributed by atoms with E-state index in [4.69, 9.17) is 0 Å². The molecule has 2 aromatic heterocycles. The number of pyridine rings is 1. The molecule has 0 fully saturated rings. The SMILES string of the molecule is CC(O)c1csc(NC(=O)c2ccncc2)n1. The summed E-state index contributed by atoms with van der Waals surface area (Å²) in [4.78, 5) is 19.7. The molecule has 1 atom stereocenters. The Bertz CT molecular complexity index is 510. The molecule has 2 rings (SSSR count). The van der Waals surface area contributed by atoms with Crippen molar-refractivity contribution in [2.24, 2.45) is 0 Å². The Morgan fingerprint density at radius 2 is 2.18 bits per heavy atom. The highest BCUT2D eigenvalue weighted by atomic mass is 32.1. The normalized spacial score (nSPS) is 12.1. The number of nitrogens with zero attached hydrogens (tertiary/aromatic N) is 2. The summed E-state index contributed by atoms with van der Waals surface area (Å²) in [6, 6.07) is 3.25. The van der Waals surface area contributed by atoms with Gasteiger partial charge in [0.05, 0.1) is 11.8 Å². The number of anilines is 1. The molecule has 1 unspecified atom stereocenters.